The Morgan fingerprint density at radius 3 is 2.11 bits per heavy atom. The predicted molar refractivity (Wildman–Crippen MR) is 72.1 cm³/mol. The summed E-state index contributed by atoms with van der Waals surface area (Å²) in [5.74, 6) is 0. The molecule has 1 N–H and O–H groups in total. The van der Waals surface area contributed by atoms with E-state index in [4.69, 9.17) is 0 Å². The van der Waals surface area contributed by atoms with Gasteiger partial charge in [-0.15, -0.1) is 0 Å². The standard InChI is InChI=1S/C14H12F3NS/c15-14(16,17)19-13-8-6-12(7-9-13)18-10-11-4-2-1-3-5-11/h1-9,18H,10H2. The third kappa shape index (κ3) is 4.87. The van der Waals surface area contributed by atoms with Crippen molar-refractivity contribution in [3.8, 4) is 0 Å². The van der Waals surface area contributed by atoms with Crippen molar-refractivity contribution in [1.29, 1.82) is 0 Å². The van der Waals surface area contributed by atoms with Crippen LogP contribution in [0.5, 0.6) is 0 Å². The zero-order valence-electron chi connectivity index (χ0n) is 9.95. The molecule has 0 atom stereocenters. The molecule has 0 unspecified atom stereocenters. The molecule has 0 saturated heterocycles. The molecular formula is C14H12F3NS. The topological polar surface area (TPSA) is 12.0 Å². The summed E-state index contributed by atoms with van der Waals surface area (Å²) in [6.45, 7) is 0.645. The van der Waals surface area contributed by atoms with Gasteiger partial charge in [0.05, 0.1) is 0 Å². The number of benzene rings is 2. The molecule has 5 heteroatoms. The molecule has 0 bridgehead atoms. The van der Waals surface area contributed by atoms with Crippen molar-refractivity contribution in [3.05, 3.63) is 60.2 Å². The Morgan fingerprint density at radius 1 is 0.895 bits per heavy atom. The van der Waals surface area contributed by atoms with Crippen molar-refractivity contribution >= 4 is 17.4 Å². The first-order chi connectivity index (χ1) is 9.03. The molecule has 0 spiro atoms. The predicted octanol–water partition coefficient (Wildman–Crippen LogP) is 4.91. The Bertz CT molecular complexity index is 508. The van der Waals surface area contributed by atoms with E-state index in [2.05, 4.69) is 5.32 Å². The van der Waals surface area contributed by atoms with E-state index in [9.17, 15) is 13.2 Å². The average Bonchev–Trinajstić information content (AvgIpc) is 2.37. The maximum atomic E-state index is 12.2. The fourth-order valence-electron chi connectivity index (χ4n) is 1.57. The Labute approximate surface area is 113 Å². The summed E-state index contributed by atoms with van der Waals surface area (Å²) in [5.41, 5.74) is -2.31. The highest BCUT2D eigenvalue weighted by molar-refractivity contribution is 8.00. The first kappa shape index (κ1) is 13.8. The summed E-state index contributed by atoms with van der Waals surface area (Å²) in [4.78, 5) is 0.192. The molecule has 0 amide bonds. The molecule has 2 aromatic rings. The second-order valence-electron chi connectivity index (χ2n) is 3.91. The van der Waals surface area contributed by atoms with Gasteiger partial charge in [-0.2, -0.15) is 13.2 Å². The van der Waals surface area contributed by atoms with E-state index in [1.165, 1.54) is 12.1 Å². The molecule has 19 heavy (non-hydrogen) atoms. The van der Waals surface area contributed by atoms with Crippen LogP contribution in [0.4, 0.5) is 18.9 Å². The van der Waals surface area contributed by atoms with Gasteiger partial charge in [-0.3, -0.25) is 0 Å². The van der Waals surface area contributed by atoms with Gasteiger partial charge in [0.25, 0.3) is 0 Å². The first-order valence-corrected chi connectivity index (χ1v) is 6.48. The third-order valence-electron chi connectivity index (χ3n) is 2.43. The van der Waals surface area contributed by atoms with Crippen molar-refractivity contribution in [2.24, 2.45) is 0 Å². The van der Waals surface area contributed by atoms with Crippen molar-refractivity contribution in [2.45, 2.75) is 16.9 Å². The van der Waals surface area contributed by atoms with Crippen LogP contribution in [0.2, 0.25) is 0 Å². The molecule has 1 nitrogen and oxygen atoms in total. The van der Waals surface area contributed by atoms with Gasteiger partial charge in [0, 0.05) is 17.1 Å². The van der Waals surface area contributed by atoms with Gasteiger partial charge in [-0.25, -0.2) is 0 Å². The van der Waals surface area contributed by atoms with Crippen LogP contribution in [-0.4, -0.2) is 5.51 Å². The van der Waals surface area contributed by atoms with Crippen molar-refractivity contribution < 1.29 is 13.2 Å². The second-order valence-corrected chi connectivity index (χ2v) is 5.05. The lowest BCUT2D eigenvalue weighted by Gasteiger charge is -2.08. The zero-order chi connectivity index (χ0) is 13.7. The Kier molecular flexibility index (Phi) is 4.37. The normalized spacial score (nSPS) is 11.3. The van der Waals surface area contributed by atoms with Gasteiger partial charge in [0.15, 0.2) is 0 Å². The van der Waals surface area contributed by atoms with Crippen molar-refractivity contribution in [2.75, 3.05) is 5.32 Å². The molecule has 2 aromatic carbocycles. The maximum Gasteiger partial charge on any atom is 0.446 e. The van der Waals surface area contributed by atoms with Gasteiger partial charge in [0.2, 0.25) is 0 Å². The minimum atomic E-state index is -4.24. The molecule has 2 rings (SSSR count). The molecule has 0 aliphatic heterocycles. The van der Waals surface area contributed by atoms with Gasteiger partial charge < -0.3 is 5.32 Å². The third-order valence-corrected chi connectivity index (χ3v) is 3.17. The molecular weight excluding hydrogens is 271 g/mol. The Hall–Kier alpha value is -1.62. The summed E-state index contributed by atoms with van der Waals surface area (Å²) in [7, 11) is 0. The van der Waals surface area contributed by atoms with Gasteiger partial charge >= 0.3 is 5.51 Å². The molecule has 0 saturated carbocycles. The monoisotopic (exact) mass is 283 g/mol. The van der Waals surface area contributed by atoms with Crippen LogP contribution in [0.3, 0.4) is 0 Å². The number of nitrogens with one attached hydrogen (secondary N) is 1. The Balaban J connectivity index is 1.92. The highest BCUT2D eigenvalue weighted by Gasteiger charge is 2.28. The zero-order valence-corrected chi connectivity index (χ0v) is 10.8. The molecule has 0 radical (unpaired) electrons. The van der Waals surface area contributed by atoms with E-state index in [-0.39, 0.29) is 16.7 Å². The number of thioether (sulfide) groups is 1. The number of rotatable bonds is 4. The van der Waals surface area contributed by atoms with E-state index in [0.717, 1.165) is 11.3 Å². The molecule has 0 aliphatic carbocycles. The van der Waals surface area contributed by atoms with Crippen LogP contribution in [-0.2, 0) is 6.54 Å². The SMILES string of the molecule is FC(F)(F)Sc1ccc(NCc2ccccc2)cc1. The summed E-state index contributed by atoms with van der Waals surface area (Å²) in [6, 6.07) is 16.0. The Morgan fingerprint density at radius 2 is 1.53 bits per heavy atom. The molecule has 0 heterocycles. The molecule has 0 aliphatic rings. The molecule has 100 valence electrons. The van der Waals surface area contributed by atoms with Crippen LogP contribution >= 0.6 is 11.8 Å². The summed E-state index contributed by atoms with van der Waals surface area (Å²) in [6.07, 6.45) is 0. The lowest BCUT2D eigenvalue weighted by atomic mass is 10.2. The van der Waals surface area contributed by atoms with E-state index in [1.54, 1.807) is 12.1 Å². The lowest BCUT2D eigenvalue weighted by molar-refractivity contribution is -0.0328. The summed E-state index contributed by atoms with van der Waals surface area (Å²) >= 11 is -0.104. The van der Waals surface area contributed by atoms with Crippen molar-refractivity contribution in [3.63, 3.8) is 0 Å². The van der Waals surface area contributed by atoms with Crippen LogP contribution in [0, 0.1) is 0 Å². The average molecular weight is 283 g/mol. The second kappa shape index (κ2) is 6.02. The van der Waals surface area contributed by atoms with Crippen LogP contribution in [0.25, 0.3) is 0 Å². The molecule has 0 aromatic heterocycles. The van der Waals surface area contributed by atoms with Crippen LogP contribution in [0.15, 0.2) is 59.5 Å². The number of hydrogen-bond acceptors (Lipinski definition) is 2. The lowest BCUT2D eigenvalue weighted by Crippen LogP contribution is -2.00. The molecule has 0 fully saturated rings. The van der Waals surface area contributed by atoms with E-state index < -0.39 is 5.51 Å². The smallest absolute Gasteiger partial charge is 0.381 e. The fourth-order valence-corrected chi connectivity index (χ4v) is 2.11. The first-order valence-electron chi connectivity index (χ1n) is 5.66. The van der Waals surface area contributed by atoms with Crippen LogP contribution in [0.1, 0.15) is 5.56 Å². The fraction of sp³-hybridized carbons (Fsp3) is 0.143. The minimum Gasteiger partial charge on any atom is -0.381 e. The number of anilines is 1. The largest absolute Gasteiger partial charge is 0.446 e. The van der Waals surface area contributed by atoms with Crippen LogP contribution < -0.4 is 5.32 Å². The van der Waals surface area contributed by atoms with Gasteiger partial charge in [-0.05, 0) is 41.6 Å². The summed E-state index contributed by atoms with van der Waals surface area (Å²) in [5, 5.41) is 3.16. The van der Waals surface area contributed by atoms with Crippen molar-refractivity contribution in [1.82, 2.24) is 0 Å². The summed E-state index contributed by atoms with van der Waals surface area (Å²) < 4.78 is 36.5. The number of halogens is 3. The van der Waals surface area contributed by atoms with Gasteiger partial charge in [0.1, 0.15) is 0 Å². The highest BCUT2D eigenvalue weighted by Crippen LogP contribution is 2.37. The number of hydrogen-bond donors (Lipinski definition) is 1. The minimum absolute atomic E-state index is 0.104. The van der Waals surface area contributed by atoms with E-state index >= 15 is 0 Å². The van der Waals surface area contributed by atoms with Gasteiger partial charge in [-0.1, -0.05) is 30.3 Å². The highest BCUT2D eigenvalue weighted by atomic mass is 32.2. The van der Waals surface area contributed by atoms with E-state index in [1.807, 2.05) is 30.3 Å². The number of alkyl halides is 3. The van der Waals surface area contributed by atoms with E-state index in [0.29, 0.717) is 6.54 Å². The maximum absolute atomic E-state index is 12.2. The quantitative estimate of drug-likeness (QED) is 0.800.